The largest absolute Gasteiger partial charge is 0.447 e. The molecule has 3 heterocycles. The molecule has 1 fully saturated rings. The molecule has 13 nitrogen and oxygen atoms in total. The first-order valence-electron chi connectivity index (χ1n) is 15.1. The molecule has 0 spiro atoms. The number of aromatic nitrogens is 5. The summed E-state index contributed by atoms with van der Waals surface area (Å²) < 4.78 is 37.5. The second-order valence-corrected chi connectivity index (χ2v) is 12.8. The van der Waals surface area contributed by atoms with E-state index in [1.165, 1.54) is 23.6 Å². The van der Waals surface area contributed by atoms with Crippen LogP contribution >= 0.6 is 11.6 Å². The molecule has 254 valence electrons. The van der Waals surface area contributed by atoms with E-state index >= 15 is 0 Å². The molecule has 1 atom stereocenters. The van der Waals surface area contributed by atoms with Gasteiger partial charge in [-0.2, -0.15) is 19.0 Å². The molecule has 48 heavy (non-hydrogen) atoms. The lowest BCUT2D eigenvalue weighted by molar-refractivity contribution is -0.00644. The Morgan fingerprint density at radius 3 is 2.56 bits per heavy atom. The summed E-state index contributed by atoms with van der Waals surface area (Å²) in [6.07, 6.45) is 3.86. The van der Waals surface area contributed by atoms with Gasteiger partial charge in [0.1, 0.15) is 12.9 Å². The van der Waals surface area contributed by atoms with E-state index in [4.69, 9.17) is 26.8 Å². The maximum absolute atomic E-state index is 14.4. The van der Waals surface area contributed by atoms with Crippen molar-refractivity contribution in [1.29, 1.82) is 0 Å². The first kappa shape index (κ1) is 34.4. The minimum absolute atomic E-state index is 0.0550. The zero-order valence-electron chi connectivity index (χ0n) is 26.6. The lowest BCUT2D eigenvalue weighted by Gasteiger charge is -2.32. The number of alkyl halides is 2. The Hall–Kier alpha value is -4.89. The molecule has 0 aliphatic carbocycles. The van der Waals surface area contributed by atoms with E-state index in [0.717, 1.165) is 0 Å². The van der Waals surface area contributed by atoms with Crippen LogP contribution in [0.5, 0.6) is 0 Å². The number of hydrogen-bond donors (Lipinski definition) is 3. The molecule has 0 radical (unpaired) electrons. The summed E-state index contributed by atoms with van der Waals surface area (Å²) in [7, 11) is 0. The number of nitrogens with two attached hydrogens (primary N) is 1. The highest BCUT2D eigenvalue weighted by Crippen LogP contribution is 2.32. The third-order valence-electron chi connectivity index (χ3n) is 7.56. The maximum atomic E-state index is 14.4. The maximum Gasteiger partial charge on any atom is 0.407 e. The van der Waals surface area contributed by atoms with Gasteiger partial charge in [-0.25, -0.2) is 14.5 Å². The van der Waals surface area contributed by atoms with Crippen LogP contribution in [0.25, 0.3) is 22.5 Å². The number of halogens is 3. The van der Waals surface area contributed by atoms with Crippen molar-refractivity contribution in [3.63, 3.8) is 0 Å². The van der Waals surface area contributed by atoms with Gasteiger partial charge in [-0.15, -0.1) is 0 Å². The van der Waals surface area contributed by atoms with E-state index in [1.54, 1.807) is 42.5 Å². The van der Waals surface area contributed by atoms with Crippen LogP contribution in [0.1, 0.15) is 55.7 Å². The van der Waals surface area contributed by atoms with Crippen LogP contribution in [0.15, 0.2) is 66.2 Å². The quantitative estimate of drug-likeness (QED) is 0.139. The average molecular weight is 684 g/mol. The second-order valence-electron chi connectivity index (χ2n) is 12.4. The van der Waals surface area contributed by atoms with Crippen molar-refractivity contribution in [2.24, 2.45) is 16.1 Å². The fourth-order valence-corrected chi connectivity index (χ4v) is 5.00. The number of guanidine groups is 1. The Labute approximate surface area is 280 Å². The SMILES string of the molecule is CC(C)(C)CCN=C(N)N(C(=O)c1ccc(-c2cnn(C(F)F)c2)cc1)[C@H](COC(=O)NC1COC1)c1ccc(Cl)c(-c2ncn[nH]2)c1. The highest BCUT2D eigenvalue weighted by Gasteiger charge is 2.32. The summed E-state index contributed by atoms with van der Waals surface area (Å²) >= 11 is 6.52. The Kier molecular flexibility index (Phi) is 10.7. The van der Waals surface area contributed by atoms with Crippen molar-refractivity contribution in [3.8, 4) is 22.5 Å². The lowest BCUT2D eigenvalue weighted by atomic mass is 9.92. The summed E-state index contributed by atoms with van der Waals surface area (Å²) in [4.78, 5) is 37.2. The normalized spacial score (nSPS) is 14.4. The minimum Gasteiger partial charge on any atom is -0.447 e. The molecule has 0 unspecified atom stereocenters. The highest BCUT2D eigenvalue weighted by molar-refractivity contribution is 6.33. The monoisotopic (exact) mass is 683 g/mol. The number of hydrogen-bond acceptors (Lipinski definition) is 8. The smallest absolute Gasteiger partial charge is 0.407 e. The predicted molar refractivity (Wildman–Crippen MR) is 174 cm³/mol. The van der Waals surface area contributed by atoms with Crippen molar-refractivity contribution in [2.75, 3.05) is 26.4 Å². The van der Waals surface area contributed by atoms with E-state index in [2.05, 4.69) is 51.4 Å². The summed E-state index contributed by atoms with van der Waals surface area (Å²) in [6, 6.07) is 10.2. The topological polar surface area (TPSA) is 166 Å². The lowest BCUT2D eigenvalue weighted by Crippen LogP contribution is -2.50. The number of ether oxygens (including phenoxy) is 2. The number of carbonyl (C=O) groups excluding carboxylic acids is 2. The predicted octanol–water partition coefficient (Wildman–Crippen LogP) is 5.44. The summed E-state index contributed by atoms with van der Waals surface area (Å²) in [5, 5.41) is 13.5. The van der Waals surface area contributed by atoms with Crippen LogP contribution < -0.4 is 11.1 Å². The Balaban J connectivity index is 1.53. The minimum atomic E-state index is -2.78. The molecular weight excluding hydrogens is 648 g/mol. The molecule has 2 amide bonds. The van der Waals surface area contributed by atoms with E-state index in [-0.39, 0.29) is 29.6 Å². The molecule has 1 aliphatic rings. The Morgan fingerprint density at radius 1 is 1.21 bits per heavy atom. The Morgan fingerprint density at radius 2 is 1.96 bits per heavy atom. The van der Waals surface area contributed by atoms with E-state index in [9.17, 15) is 18.4 Å². The zero-order chi connectivity index (χ0) is 34.4. The summed E-state index contributed by atoms with van der Waals surface area (Å²) in [6.45, 7) is 4.17. The number of aromatic amines is 1. The number of nitrogens with one attached hydrogen (secondary N) is 2. The number of amides is 2. The number of carbonyl (C=O) groups is 2. The van der Waals surface area contributed by atoms with Gasteiger partial charge in [0.05, 0.1) is 36.5 Å². The molecule has 4 aromatic rings. The molecule has 1 saturated heterocycles. The first-order chi connectivity index (χ1) is 22.9. The highest BCUT2D eigenvalue weighted by atomic mass is 35.5. The average Bonchev–Trinajstić information content (AvgIpc) is 3.74. The van der Waals surface area contributed by atoms with Gasteiger partial charge in [0.2, 0.25) is 0 Å². The summed E-state index contributed by atoms with van der Waals surface area (Å²) in [5.41, 5.74) is 8.80. The van der Waals surface area contributed by atoms with Crippen LogP contribution in [-0.2, 0) is 9.47 Å². The molecule has 1 aliphatic heterocycles. The third-order valence-corrected chi connectivity index (χ3v) is 7.89. The molecule has 5 rings (SSSR count). The molecule has 16 heteroatoms. The van der Waals surface area contributed by atoms with Crippen molar-refractivity contribution in [1.82, 2.24) is 35.2 Å². The van der Waals surface area contributed by atoms with Crippen molar-refractivity contribution in [2.45, 2.75) is 45.8 Å². The standard InChI is InChI=1S/C32H36ClF2N9O4/c1-32(2,3)10-11-37-30(36)44(28(45)20-6-4-19(5-7-20)22-13-40-43(14-22)29(34)35)26(17-48-31(46)41-23-15-47-16-23)21-8-9-25(33)24(12-21)27-38-18-39-42-27/h4-9,12-14,18,23,26,29H,10-11,15-17H2,1-3H3,(H2,36,37)(H,41,46)(H,38,39,42)/t26-/m1/s1. The second kappa shape index (κ2) is 14.9. The van der Waals surface area contributed by atoms with E-state index < -0.39 is 24.6 Å². The van der Waals surface area contributed by atoms with Gasteiger partial charge in [0, 0.05) is 29.4 Å². The molecule has 2 aromatic heterocycles. The van der Waals surface area contributed by atoms with Crippen LogP contribution in [0, 0.1) is 5.41 Å². The van der Waals surface area contributed by atoms with Gasteiger partial charge < -0.3 is 20.5 Å². The van der Waals surface area contributed by atoms with Gasteiger partial charge in [-0.05, 0) is 47.2 Å². The summed E-state index contributed by atoms with van der Waals surface area (Å²) in [5.74, 6) is -0.247. The van der Waals surface area contributed by atoms with Crippen molar-refractivity contribution >= 4 is 29.6 Å². The van der Waals surface area contributed by atoms with Crippen LogP contribution in [0.2, 0.25) is 5.02 Å². The molecule has 4 N–H and O–H groups in total. The number of alkyl carbamates (subject to hydrolysis) is 1. The van der Waals surface area contributed by atoms with Crippen LogP contribution in [0.4, 0.5) is 13.6 Å². The number of aliphatic imine (C=N–C) groups is 1. The van der Waals surface area contributed by atoms with Gasteiger partial charge in [0.15, 0.2) is 11.8 Å². The fraction of sp³-hybridized carbons (Fsp3) is 0.375. The van der Waals surface area contributed by atoms with Crippen molar-refractivity contribution < 1.29 is 27.8 Å². The molecule has 2 aromatic carbocycles. The van der Waals surface area contributed by atoms with E-state index in [1.807, 2.05) is 0 Å². The van der Waals surface area contributed by atoms with E-state index in [0.29, 0.717) is 64.0 Å². The number of H-pyrrole nitrogens is 1. The number of nitrogens with zero attached hydrogens (tertiary/aromatic N) is 6. The van der Waals surface area contributed by atoms with Gasteiger partial charge in [-0.1, -0.05) is 50.6 Å². The number of rotatable bonds is 11. The van der Waals surface area contributed by atoms with Crippen molar-refractivity contribution in [3.05, 3.63) is 77.3 Å². The third kappa shape index (κ3) is 8.52. The molecular formula is C32H36ClF2N9O4. The van der Waals surface area contributed by atoms with Gasteiger partial charge in [0.25, 0.3) is 5.91 Å². The Bertz CT molecular complexity index is 1740. The van der Waals surface area contributed by atoms with Gasteiger partial charge in [-0.3, -0.25) is 19.8 Å². The van der Waals surface area contributed by atoms with Crippen LogP contribution in [0.3, 0.4) is 0 Å². The zero-order valence-corrected chi connectivity index (χ0v) is 27.3. The molecule has 0 bridgehead atoms. The fourth-order valence-electron chi connectivity index (χ4n) is 4.79. The van der Waals surface area contributed by atoms with Gasteiger partial charge >= 0.3 is 12.6 Å². The number of benzene rings is 2. The molecule has 0 saturated carbocycles. The first-order valence-corrected chi connectivity index (χ1v) is 15.5. The van der Waals surface area contributed by atoms with Crippen LogP contribution in [-0.4, -0.2) is 80.2 Å².